The van der Waals surface area contributed by atoms with Gasteiger partial charge in [-0.05, 0) is 11.4 Å². The highest BCUT2D eigenvalue weighted by molar-refractivity contribution is 7.14. The van der Waals surface area contributed by atoms with Gasteiger partial charge in [-0.1, -0.05) is 23.4 Å². The molecule has 1 nitrogen and oxygen atoms in total. The lowest BCUT2D eigenvalue weighted by molar-refractivity contribution is 1.30. The first kappa shape index (κ1) is 7.62. The number of hydrogen-bond donors (Lipinski definition) is 1. The average Bonchev–Trinajstić information content (AvgIpc) is 2.31. The maximum absolute atomic E-state index is 5.75. The van der Waals surface area contributed by atoms with Crippen LogP contribution >= 0.6 is 22.9 Å². The third kappa shape index (κ3) is 1.74. The Labute approximate surface area is 68.8 Å². The fourth-order valence-corrected chi connectivity index (χ4v) is 1.36. The summed E-state index contributed by atoms with van der Waals surface area (Å²) >= 11 is 7.23. The molecular weight excluding hydrogens is 166 g/mol. The molecule has 0 unspecified atom stereocenters. The molecule has 52 valence electrons. The Bertz CT molecular complexity index is 269. The van der Waals surface area contributed by atoms with Crippen molar-refractivity contribution in [3.8, 4) is 11.8 Å². The van der Waals surface area contributed by atoms with Gasteiger partial charge in [0.1, 0.15) is 4.34 Å². The molecular formula is C7H6ClNS. The average molecular weight is 172 g/mol. The maximum atomic E-state index is 5.75. The molecule has 0 spiro atoms. The molecule has 1 aromatic heterocycles. The second kappa shape index (κ2) is 3.62. The van der Waals surface area contributed by atoms with Gasteiger partial charge >= 0.3 is 0 Å². The number of hydrogen-bond acceptors (Lipinski definition) is 2. The molecule has 0 atom stereocenters. The summed E-state index contributed by atoms with van der Waals surface area (Å²) in [4.78, 5) is 0. The van der Waals surface area contributed by atoms with E-state index in [4.69, 9.17) is 17.3 Å². The Balaban J connectivity index is 2.84. The molecule has 0 aliphatic heterocycles. The van der Waals surface area contributed by atoms with E-state index in [9.17, 15) is 0 Å². The van der Waals surface area contributed by atoms with Gasteiger partial charge in [-0.25, -0.2) is 0 Å². The zero-order valence-corrected chi connectivity index (χ0v) is 6.80. The highest BCUT2D eigenvalue weighted by Crippen LogP contribution is 2.21. The quantitative estimate of drug-likeness (QED) is 0.591. The Kier molecular flexibility index (Phi) is 2.76. The Morgan fingerprint density at radius 2 is 2.50 bits per heavy atom. The number of nitrogens with two attached hydrogens (primary N) is 1. The van der Waals surface area contributed by atoms with Crippen LogP contribution in [0.2, 0.25) is 4.34 Å². The van der Waals surface area contributed by atoms with Gasteiger partial charge in [0.15, 0.2) is 0 Å². The Hall–Kier alpha value is -0.490. The number of rotatable bonds is 0. The summed E-state index contributed by atoms with van der Waals surface area (Å²) in [7, 11) is 0. The number of halogens is 1. The van der Waals surface area contributed by atoms with Gasteiger partial charge in [0.2, 0.25) is 0 Å². The van der Waals surface area contributed by atoms with Crippen LogP contribution in [-0.4, -0.2) is 6.54 Å². The van der Waals surface area contributed by atoms with E-state index in [0.29, 0.717) is 6.54 Å². The van der Waals surface area contributed by atoms with E-state index in [2.05, 4.69) is 11.8 Å². The van der Waals surface area contributed by atoms with E-state index < -0.39 is 0 Å². The first-order valence-electron chi connectivity index (χ1n) is 2.76. The molecule has 10 heavy (non-hydrogen) atoms. The van der Waals surface area contributed by atoms with E-state index in [1.165, 1.54) is 11.3 Å². The van der Waals surface area contributed by atoms with Gasteiger partial charge in [0.25, 0.3) is 0 Å². The van der Waals surface area contributed by atoms with Crippen molar-refractivity contribution in [2.45, 2.75) is 0 Å². The minimum absolute atomic E-state index is 0.381. The Morgan fingerprint density at radius 1 is 1.70 bits per heavy atom. The fraction of sp³-hybridized carbons (Fsp3) is 0.143. The standard InChI is InChI=1S/C7H6ClNS/c8-7-6(2-1-4-9)3-5-10-7/h3,5H,4,9H2. The molecule has 0 saturated heterocycles. The van der Waals surface area contributed by atoms with Crippen molar-refractivity contribution in [1.82, 2.24) is 0 Å². The van der Waals surface area contributed by atoms with Crippen molar-refractivity contribution < 1.29 is 0 Å². The van der Waals surface area contributed by atoms with Crippen molar-refractivity contribution >= 4 is 22.9 Å². The summed E-state index contributed by atoms with van der Waals surface area (Å²) in [5.74, 6) is 5.59. The summed E-state index contributed by atoms with van der Waals surface area (Å²) in [5, 5.41) is 1.91. The second-order valence-corrected chi connectivity index (χ2v) is 3.13. The van der Waals surface area contributed by atoms with Crippen molar-refractivity contribution in [3.05, 3.63) is 21.3 Å². The lowest BCUT2D eigenvalue weighted by Gasteiger charge is -1.79. The predicted molar refractivity (Wildman–Crippen MR) is 45.3 cm³/mol. The molecule has 1 heterocycles. The monoisotopic (exact) mass is 171 g/mol. The molecule has 0 radical (unpaired) electrons. The highest BCUT2D eigenvalue weighted by atomic mass is 35.5. The molecule has 0 amide bonds. The second-order valence-electron chi connectivity index (χ2n) is 1.61. The van der Waals surface area contributed by atoms with Crippen LogP contribution in [0.4, 0.5) is 0 Å². The minimum Gasteiger partial charge on any atom is -0.320 e. The molecule has 0 aromatic carbocycles. The minimum atomic E-state index is 0.381. The van der Waals surface area contributed by atoms with Crippen LogP contribution in [0.5, 0.6) is 0 Å². The van der Waals surface area contributed by atoms with E-state index in [1.807, 2.05) is 11.4 Å². The summed E-state index contributed by atoms with van der Waals surface area (Å²) < 4.78 is 0.737. The molecule has 1 rings (SSSR count). The molecule has 0 aliphatic carbocycles. The van der Waals surface area contributed by atoms with Crippen molar-refractivity contribution in [2.75, 3.05) is 6.54 Å². The highest BCUT2D eigenvalue weighted by Gasteiger charge is 1.94. The molecule has 0 saturated carbocycles. The third-order valence-electron chi connectivity index (χ3n) is 0.943. The van der Waals surface area contributed by atoms with Crippen molar-refractivity contribution in [2.24, 2.45) is 5.73 Å². The first-order chi connectivity index (χ1) is 4.84. The largest absolute Gasteiger partial charge is 0.320 e. The van der Waals surface area contributed by atoms with Crippen molar-refractivity contribution in [1.29, 1.82) is 0 Å². The van der Waals surface area contributed by atoms with E-state index in [1.54, 1.807) is 0 Å². The molecule has 0 fully saturated rings. The maximum Gasteiger partial charge on any atom is 0.108 e. The van der Waals surface area contributed by atoms with E-state index >= 15 is 0 Å². The lowest BCUT2D eigenvalue weighted by atomic mass is 10.3. The van der Waals surface area contributed by atoms with Gasteiger partial charge in [-0.2, -0.15) is 0 Å². The van der Waals surface area contributed by atoms with Crippen LogP contribution in [0.15, 0.2) is 11.4 Å². The molecule has 3 heteroatoms. The summed E-state index contributed by atoms with van der Waals surface area (Å²) in [6.07, 6.45) is 0. The summed E-state index contributed by atoms with van der Waals surface area (Å²) in [6.45, 7) is 0.381. The predicted octanol–water partition coefficient (Wildman–Crippen LogP) is 1.71. The van der Waals surface area contributed by atoms with Crippen LogP contribution in [0.25, 0.3) is 0 Å². The summed E-state index contributed by atoms with van der Waals surface area (Å²) in [6, 6.07) is 1.88. The van der Waals surface area contributed by atoms with Crippen LogP contribution < -0.4 is 5.73 Å². The van der Waals surface area contributed by atoms with Crippen LogP contribution in [-0.2, 0) is 0 Å². The smallest absolute Gasteiger partial charge is 0.108 e. The van der Waals surface area contributed by atoms with Gasteiger partial charge in [0.05, 0.1) is 12.1 Å². The van der Waals surface area contributed by atoms with Gasteiger partial charge in [-0.15, -0.1) is 11.3 Å². The van der Waals surface area contributed by atoms with E-state index in [-0.39, 0.29) is 0 Å². The topological polar surface area (TPSA) is 26.0 Å². The van der Waals surface area contributed by atoms with Gasteiger partial charge in [0, 0.05) is 0 Å². The first-order valence-corrected chi connectivity index (χ1v) is 4.02. The van der Waals surface area contributed by atoms with Crippen LogP contribution in [0.1, 0.15) is 5.56 Å². The van der Waals surface area contributed by atoms with Crippen LogP contribution in [0, 0.1) is 11.8 Å². The molecule has 1 aromatic rings. The zero-order valence-electron chi connectivity index (χ0n) is 5.23. The van der Waals surface area contributed by atoms with Gasteiger partial charge < -0.3 is 5.73 Å². The fourth-order valence-electron chi connectivity index (χ4n) is 0.528. The third-order valence-corrected chi connectivity index (χ3v) is 2.11. The van der Waals surface area contributed by atoms with E-state index in [0.717, 1.165) is 9.90 Å². The molecule has 2 N–H and O–H groups in total. The molecule has 0 aliphatic rings. The van der Waals surface area contributed by atoms with Crippen LogP contribution in [0.3, 0.4) is 0 Å². The SMILES string of the molecule is NCC#Cc1ccsc1Cl. The molecule has 0 bridgehead atoms. The zero-order chi connectivity index (χ0) is 7.40. The normalized spacial score (nSPS) is 8.60. The van der Waals surface area contributed by atoms with Gasteiger partial charge in [-0.3, -0.25) is 0 Å². The Morgan fingerprint density at radius 3 is 3.00 bits per heavy atom. The summed E-state index contributed by atoms with van der Waals surface area (Å²) in [5.41, 5.74) is 6.05. The number of thiophene rings is 1. The van der Waals surface area contributed by atoms with Crippen molar-refractivity contribution in [3.63, 3.8) is 0 Å². The lowest BCUT2D eigenvalue weighted by Crippen LogP contribution is -1.92.